The van der Waals surface area contributed by atoms with Gasteiger partial charge in [-0.15, -0.1) is 0 Å². The predicted octanol–water partition coefficient (Wildman–Crippen LogP) is 3.59. The van der Waals surface area contributed by atoms with Crippen molar-refractivity contribution in [3.05, 3.63) is 52.2 Å². The van der Waals surface area contributed by atoms with Crippen LogP contribution >= 0.6 is 0 Å². The molecule has 1 atom stereocenters. The van der Waals surface area contributed by atoms with E-state index in [9.17, 15) is 22.8 Å². The smallest absolute Gasteiger partial charge is 0.362 e. The highest BCUT2D eigenvalue weighted by atomic mass is 19.3. The number of rotatable bonds is 8. The Balaban J connectivity index is 2.19. The minimum atomic E-state index is -3.53. The van der Waals surface area contributed by atoms with Gasteiger partial charge in [0.2, 0.25) is 0 Å². The number of nitrogens with zero attached hydrogens (tertiary/aromatic N) is 2. The number of carbonyl (C=O) groups is 2. The molecule has 13 heteroatoms. The molecule has 0 aliphatic carbocycles. The Morgan fingerprint density at radius 2 is 1.69 bits per heavy atom. The summed E-state index contributed by atoms with van der Waals surface area (Å²) in [4.78, 5) is 33.0. The van der Waals surface area contributed by atoms with E-state index in [1.807, 2.05) is 0 Å². The number of alkyl halides is 3. The summed E-state index contributed by atoms with van der Waals surface area (Å²) in [6, 6.07) is 2.53. The molecule has 0 unspecified atom stereocenters. The van der Waals surface area contributed by atoms with Gasteiger partial charge < -0.3 is 24.3 Å². The van der Waals surface area contributed by atoms with Crippen LogP contribution in [-0.2, 0) is 34.2 Å². The molecule has 2 heterocycles. The van der Waals surface area contributed by atoms with E-state index in [1.54, 1.807) is 0 Å². The van der Waals surface area contributed by atoms with Crippen molar-refractivity contribution < 1.29 is 46.1 Å². The summed E-state index contributed by atoms with van der Waals surface area (Å²) < 4.78 is 77.1. The van der Waals surface area contributed by atoms with Crippen LogP contribution in [0.2, 0.25) is 0 Å². The number of hydrogen-bond acceptors (Lipinski definition) is 9. The first-order chi connectivity index (χ1) is 16.6. The Kier molecular flexibility index (Phi) is 7.90. The average Bonchev–Trinajstić information content (AvgIpc) is 3.36. The van der Waals surface area contributed by atoms with Crippen LogP contribution in [0.5, 0.6) is 0 Å². The lowest BCUT2D eigenvalue weighted by atomic mass is 9.95. The number of benzene rings is 1. The fourth-order valence-corrected chi connectivity index (χ4v) is 3.61. The molecular formula is C22H23F4N3O6. The number of anilines is 1. The summed E-state index contributed by atoms with van der Waals surface area (Å²) >= 11 is 0. The Labute approximate surface area is 197 Å². The molecule has 1 aromatic carbocycles. The Bertz CT molecular complexity index is 1090. The summed E-state index contributed by atoms with van der Waals surface area (Å²) in [5, 5.41) is 2.81. The van der Waals surface area contributed by atoms with Gasteiger partial charge in [0.25, 0.3) is 6.43 Å². The highest BCUT2D eigenvalue weighted by Gasteiger charge is 2.56. The van der Waals surface area contributed by atoms with E-state index in [-0.39, 0.29) is 36.0 Å². The molecule has 1 aromatic heterocycles. The number of aromatic nitrogens is 2. The predicted molar refractivity (Wildman–Crippen MR) is 112 cm³/mol. The number of hydrogen-bond donors (Lipinski definition) is 1. The van der Waals surface area contributed by atoms with E-state index in [4.69, 9.17) is 9.47 Å². The van der Waals surface area contributed by atoms with Gasteiger partial charge in [-0.25, -0.2) is 37.1 Å². The van der Waals surface area contributed by atoms with Crippen LogP contribution in [0.1, 0.15) is 53.9 Å². The minimum Gasteiger partial charge on any atom is -0.466 e. The third kappa shape index (κ3) is 4.91. The van der Waals surface area contributed by atoms with Crippen LogP contribution in [0.4, 0.5) is 23.4 Å². The molecule has 1 aliphatic rings. The van der Waals surface area contributed by atoms with Crippen molar-refractivity contribution in [1.82, 2.24) is 9.97 Å². The van der Waals surface area contributed by atoms with Crippen molar-refractivity contribution in [2.24, 2.45) is 0 Å². The van der Waals surface area contributed by atoms with E-state index in [1.165, 1.54) is 26.0 Å². The monoisotopic (exact) mass is 501 g/mol. The third-order valence-electron chi connectivity index (χ3n) is 5.29. The molecule has 1 fully saturated rings. The lowest BCUT2D eigenvalue weighted by Gasteiger charge is -2.27. The first-order valence-electron chi connectivity index (χ1n) is 10.4. The molecule has 0 amide bonds. The number of methoxy groups -OCH3 is 2. The maximum Gasteiger partial charge on any atom is 0.362 e. The molecule has 0 spiro atoms. The molecule has 0 saturated carbocycles. The molecule has 0 bridgehead atoms. The van der Waals surface area contributed by atoms with Gasteiger partial charge >= 0.3 is 17.6 Å². The molecule has 2 aromatic rings. The molecule has 1 saturated heterocycles. The second kappa shape index (κ2) is 10.5. The van der Waals surface area contributed by atoms with Crippen molar-refractivity contribution >= 4 is 17.8 Å². The SMILES string of the molecule is COC(=O)C(F)(C(=O)OC)c1nc(C)nc(N[C@H](C)c2cccc(C(F)F)c2F)c1C1OCCO1. The van der Waals surface area contributed by atoms with Gasteiger partial charge in [-0.2, -0.15) is 0 Å². The summed E-state index contributed by atoms with van der Waals surface area (Å²) in [6.07, 6.45) is -4.36. The van der Waals surface area contributed by atoms with Crippen LogP contribution in [0.15, 0.2) is 18.2 Å². The van der Waals surface area contributed by atoms with Crippen LogP contribution in [-0.4, -0.2) is 49.3 Å². The van der Waals surface area contributed by atoms with Crippen molar-refractivity contribution in [3.63, 3.8) is 0 Å². The van der Waals surface area contributed by atoms with Gasteiger partial charge in [0, 0.05) is 5.56 Å². The van der Waals surface area contributed by atoms with Crippen molar-refractivity contribution in [3.8, 4) is 0 Å². The molecule has 190 valence electrons. The van der Waals surface area contributed by atoms with Gasteiger partial charge in [0.15, 0.2) is 6.29 Å². The first kappa shape index (κ1) is 26.3. The normalized spacial score (nSPS) is 15.2. The Hall–Kier alpha value is -3.32. The highest BCUT2D eigenvalue weighted by Crippen LogP contribution is 2.40. The zero-order valence-corrected chi connectivity index (χ0v) is 19.2. The first-order valence-corrected chi connectivity index (χ1v) is 10.4. The topological polar surface area (TPSA) is 109 Å². The van der Waals surface area contributed by atoms with Gasteiger partial charge in [-0.1, -0.05) is 18.2 Å². The molecule has 1 N–H and O–H groups in total. The Morgan fingerprint density at radius 3 is 2.23 bits per heavy atom. The molecule has 1 aliphatic heterocycles. The quantitative estimate of drug-likeness (QED) is 0.330. The fourth-order valence-electron chi connectivity index (χ4n) is 3.61. The maximum atomic E-state index is 16.1. The maximum absolute atomic E-state index is 16.1. The van der Waals surface area contributed by atoms with Gasteiger partial charge in [0.05, 0.1) is 44.6 Å². The summed E-state index contributed by atoms with van der Waals surface area (Å²) in [7, 11) is 1.74. The van der Waals surface area contributed by atoms with Crippen LogP contribution in [0, 0.1) is 12.7 Å². The van der Waals surface area contributed by atoms with E-state index in [2.05, 4.69) is 24.8 Å². The number of halogens is 4. The largest absolute Gasteiger partial charge is 0.466 e. The van der Waals surface area contributed by atoms with Gasteiger partial charge in [0.1, 0.15) is 23.2 Å². The molecule has 9 nitrogen and oxygen atoms in total. The molecule has 0 radical (unpaired) electrons. The van der Waals surface area contributed by atoms with E-state index in [0.717, 1.165) is 20.3 Å². The van der Waals surface area contributed by atoms with Gasteiger partial charge in [-0.05, 0) is 13.8 Å². The summed E-state index contributed by atoms with van der Waals surface area (Å²) in [5.74, 6) is -4.63. The molecule has 35 heavy (non-hydrogen) atoms. The van der Waals surface area contributed by atoms with E-state index in [0.29, 0.717) is 0 Å². The standard InChI is InChI=1S/C22H23F4N3O6/c1-10(12-6-5-7-13(15(12)23)17(24)25)27-18-14(19-34-8-9-35-19)16(28-11(2)29-18)22(26,20(30)32-3)21(31)33-4/h5-7,10,17,19H,8-9H2,1-4H3,(H,27,28,29)/t10-/m1/s1. The van der Waals surface area contributed by atoms with Crippen molar-refractivity contribution in [2.45, 2.75) is 38.3 Å². The zero-order valence-electron chi connectivity index (χ0n) is 19.2. The number of ether oxygens (including phenoxy) is 4. The van der Waals surface area contributed by atoms with Crippen LogP contribution in [0.25, 0.3) is 0 Å². The second-order valence-corrected chi connectivity index (χ2v) is 7.51. The molecular weight excluding hydrogens is 478 g/mol. The second-order valence-electron chi connectivity index (χ2n) is 7.51. The number of esters is 2. The van der Waals surface area contributed by atoms with Gasteiger partial charge in [-0.3, -0.25) is 0 Å². The van der Waals surface area contributed by atoms with E-state index < -0.39 is 53.4 Å². The number of aryl methyl sites for hydroxylation is 1. The molecule has 3 rings (SSSR count). The summed E-state index contributed by atoms with van der Waals surface area (Å²) in [5.41, 5.74) is -5.48. The third-order valence-corrected chi connectivity index (χ3v) is 5.29. The van der Waals surface area contributed by atoms with Crippen molar-refractivity contribution in [1.29, 1.82) is 0 Å². The lowest BCUT2D eigenvalue weighted by Crippen LogP contribution is -2.43. The zero-order chi connectivity index (χ0) is 25.9. The minimum absolute atomic E-state index is 0.0897. The van der Waals surface area contributed by atoms with Crippen LogP contribution < -0.4 is 5.32 Å². The lowest BCUT2D eigenvalue weighted by molar-refractivity contribution is -0.173. The highest BCUT2D eigenvalue weighted by molar-refractivity contribution is 6.04. The number of nitrogens with one attached hydrogen (secondary N) is 1. The Morgan fingerprint density at radius 1 is 1.11 bits per heavy atom. The fraction of sp³-hybridized carbons (Fsp3) is 0.455. The van der Waals surface area contributed by atoms with Crippen LogP contribution in [0.3, 0.4) is 0 Å². The number of carbonyl (C=O) groups excluding carboxylic acids is 2. The summed E-state index contributed by atoms with van der Waals surface area (Å²) in [6.45, 7) is 2.99. The van der Waals surface area contributed by atoms with Crippen molar-refractivity contribution in [2.75, 3.05) is 32.8 Å². The van der Waals surface area contributed by atoms with E-state index >= 15 is 4.39 Å². The average molecular weight is 501 g/mol.